The summed E-state index contributed by atoms with van der Waals surface area (Å²) in [5.74, 6) is 1.24. The van der Waals surface area contributed by atoms with Crippen molar-refractivity contribution in [3.05, 3.63) is 28.8 Å². The lowest BCUT2D eigenvalue weighted by molar-refractivity contribution is 0.0125. The Kier molecular flexibility index (Phi) is 7.03. The highest BCUT2D eigenvalue weighted by atomic mass is 35.5. The number of hydrogen-bond acceptors (Lipinski definition) is 5. The van der Waals surface area contributed by atoms with Crippen LogP contribution < -0.4 is 14.8 Å². The zero-order valence-electron chi connectivity index (χ0n) is 15.9. The van der Waals surface area contributed by atoms with E-state index >= 15 is 0 Å². The summed E-state index contributed by atoms with van der Waals surface area (Å²) in [4.78, 5) is 0. The monoisotopic (exact) mass is 416 g/mol. The lowest BCUT2D eigenvalue weighted by Gasteiger charge is -2.31. The molecule has 8 heteroatoms. The Morgan fingerprint density at radius 2 is 1.96 bits per heavy atom. The molecule has 0 amide bonds. The Labute approximate surface area is 167 Å². The van der Waals surface area contributed by atoms with Gasteiger partial charge in [-0.3, -0.25) is 0 Å². The number of halogens is 1. The van der Waals surface area contributed by atoms with E-state index in [4.69, 9.17) is 21.1 Å². The molecule has 0 spiro atoms. The Balaban J connectivity index is 1.50. The first-order valence-corrected chi connectivity index (χ1v) is 11.8. The first-order chi connectivity index (χ1) is 12.9. The van der Waals surface area contributed by atoms with E-state index in [-0.39, 0.29) is 18.2 Å². The van der Waals surface area contributed by atoms with Crippen molar-refractivity contribution in [1.29, 1.82) is 0 Å². The maximum Gasteiger partial charge on any atom is 0.209 e. The largest absolute Gasteiger partial charge is 0.496 e. The second-order valence-corrected chi connectivity index (χ2v) is 9.70. The van der Waals surface area contributed by atoms with E-state index in [0.29, 0.717) is 12.5 Å². The fourth-order valence-electron chi connectivity index (χ4n) is 4.21. The minimum absolute atomic E-state index is 0.0288. The van der Waals surface area contributed by atoms with Crippen LogP contribution in [0.2, 0.25) is 5.02 Å². The molecule has 0 unspecified atom stereocenters. The zero-order valence-corrected chi connectivity index (χ0v) is 17.5. The van der Waals surface area contributed by atoms with Crippen molar-refractivity contribution in [2.24, 2.45) is 0 Å². The molecule has 1 aliphatic heterocycles. The average Bonchev–Trinajstić information content (AvgIpc) is 3.05. The molecule has 2 aliphatic rings. The van der Waals surface area contributed by atoms with Gasteiger partial charge in [-0.05, 0) is 56.7 Å². The van der Waals surface area contributed by atoms with Crippen molar-refractivity contribution in [3.8, 4) is 5.75 Å². The normalized spacial score (nSPS) is 29.0. The molecule has 1 heterocycles. The molecular weight excluding hydrogens is 388 g/mol. The molecule has 2 atom stereocenters. The second kappa shape index (κ2) is 9.09. The van der Waals surface area contributed by atoms with Crippen molar-refractivity contribution >= 4 is 21.6 Å². The molecule has 1 saturated heterocycles. The molecule has 6 nitrogen and oxygen atoms in total. The number of sulfonamides is 1. The molecule has 0 bridgehead atoms. The van der Waals surface area contributed by atoms with Crippen molar-refractivity contribution < 1.29 is 17.9 Å². The van der Waals surface area contributed by atoms with Gasteiger partial charge in [-0.1, -0.05) is 17.7 Å². The molecule has 0 aromatic heterocycles. The van der Waals surface area contributed by atoms with Crippen LogP contribution in [0.1, 0.15) is 43.6 Å². The molecule has 152 valence electrons. The van der Waals surface area contributed by atoms with Crippen LogP contribution >= 0.6 is 11.6 Å². The van der Waals surface area contributed by atoms with Crippen molar-refractivity contribution in [1.82, 2.24) is 10.0 Å². The Morgan fingerprint density at radius 3 is 2.63 bits per heavy atom. The van der Waals surface area contributed by atoms with Crippen molar-refractivity contribution in [2.45, 2.75) is 56.2 Å². The quantitative estimate of drug-likeness (QED) is 0.714. The number of rotatable bonds is 7. The summed E-state index contributed by atoms with van der Waals surface area (Å²) < 4.78 is 37.3. The Bertz CT molecular complexity index is 735. The van der Waals surface area contributed by atoms with E-state index in [1.54, 1.807) is 7.11 Å². The summed E-state index contributed by atoms with van der Waals surface area (Å²) in [6, 6.07) is 5.73. The molecule has 1 aromatic rings. The molecule has 0 radical (unpaired) electrons. The third kappa shape index (κ3) is 5.57. The first-order valence-electron chi connectivity index (χ1n) is 9.52. The lowest BCUT2D eigenvalue weighted by Crippen LogP contribution is -2.46. The third-order valence-electron chi connectivity index (χ3n) is 5.54. The predicted molar refractivity (Wildman–Crippen MR) is 107 cm³/mol. The second-order valence-electron chi connectivity index (χ2n) is 7.51. The van der Waals surface area contributed by atoms with Crippen LogP contribution in [0.5, 0.6) is 5.75 Å². The summed E-state index contributed by atoms with van der Waals surface area (Å²) in [5, 5.41) is 4.11. The minimum Gasteiger partial charge on any atom is -0.496 e. The van der Waals surface area contributed by atoms with Gasteiger partial charge in [0.1, 0.15) is 5.75 Å². The highest BCUT2D eigenvalue weighted by Crippen LogP contribution is 2.41. The first kappa shape index (κ1) is 20.9. The summed E-state index contributed by atoms with van der Waals surface area (Å²) >= 11 is 6.42. The maximum absolute atomic E-state index is 11.5. The van der Waals surface area contributed by atoms with Gasteiger partial charge in [-0.15, -0.1) is 0 Å². The summed E-state index contributed by atoms with van der Waals surface area (Å²) in [6.07, 6.45) is 6.15. The molecular formula is C19H29ClN2O4S. The lowest BCUT2D eigenvalue weighted by atomic mass is 9.82. The van der Waals surface area contributed by atoms with Gasteiger partial charge in [-0.25, -0.2) is 13.1 Å². The van der Waals surface area contributed by atoms with Crippen LogP contribution in [-0.4, -0.2) is 53.1 Å². The molecule has 1 saturated carbocycles. The van der Waals surface area contributed by atoms with Crippen LogP contribution in [-0.2, 0) is 14.8 Å². The van der Waals surface area contributed by atoms with Crippen LogP contribution in [0.25, 0.3) is 0 Å². The summed E-state index contributed by atoms with van der Waals surface area (Å²) in [5.41, 5.74) is 1.11. The molecule has 27 heavy (non-hydrogen) atoms. The van der Waals surface area contributed by atoms with Gasteiger partial charge >= 0.3 is 0 Å². The van der Waals surface area contributed by atoms with E-state index in [1.165, 1.54) is 6.26 Å². The van der Waals surface area contributed by atoms with Gasteiger partial charge in [0.25, 0.3) is 0 Å². The number of benzene rings is 1. The Hall–Kier alpha value is -0.860. The van der Waals surface area contributed by atoms with Crippen molar-refractivity contribution in [3.63, 3.8) is 0 Å². The maximum atomic E-state index is 11.5. The topological polar surface area (TPSA) is 76.7 Å². The minimum atomic E-state index is -3.20. The van der Waals surface area contributed by atoms with Crippen LogP contribution in [0.3, 0.4) is 0 Å². The van der Waals surface area contributed by atoms with E-state index < -0.39 is 10.0 Å². The standard InChI is InChI=1S/C19H29ClN2O4S/c1-25-18-5-3-4-15(20)19(18)13-6-8-14(9-7-13)26-12-17-16(10-11-21-17)22-27(2,23)24/h3-5,13-14,16-17,21-22H,6-12H2,1-2H3/t13-,14+,16-,17-/m0/s1. The number of hydrogen-bond donors (Lipinski definition) is 2. The third-order valence-corrected chi connectivity index (χ3v) is 6.60. The highest BCUT2D eigenvalue weighted by molar-refractivity contribution is 7.88. The fourth-order valence-corrected chi connectivity index (χ4v) is 5.36. The zero-order chi connectivity index (χ0) is 19.4. The van der Waals surface area contributed by atoms with Gasteiger partial charge in [0, 0.05) is 22.7 Å². The van der Waals surface area contributed by atoms with Gasteiger partial charge < -0.3 is 14.8 Å². The molecule has 3 rings (SSSR count). The Morgan fingerprint density at radius 1 is 1.22 bits per heavy atom. The van der Waals surface area contributed by atoms with E-state index in [0.717, 1.165) is 55.0 Å². The molecule has 2 fully saturated rings. The summed E-state index contributed by atoms with van der Waals surface area (Å²) in [6.45, 7) is 1.33. The van der Waals surface area contributed by atoms with E-state index in [1.807, 2.05) is 18.2 Å². The number of methoxy groups -OCH3 is 1. The van der Waals surface area contributed by atoms with Crippen LogP contribution in [0.15, 0.2) is 18.2 Å². The van der Waals surface area contributed by atoms with Gasteiger partial charge in [0.05, 0.1) is 26.1 Å². The average molecular weight is 417 g/mol. The van der Waals surface area contributed by atoms with Gasteiger partial charge in [-0.2, -0.15) is 0 Å². The van der Waals surface area contributed by atoms with E-state index in [2.05, 4.69) is 10.0 Å². The van der Waals surface area contributed by atoms with Crippen LogP contribution in [0.4, 0.5) is 0 Å². The molecule has 1 aromatic carbocycles. The highest BCUT2D eigenvalue weighted by Gasteiger charge is 2.31. The number of nitrogens with one attached hydrogen (secondary N) is 2. The van der Waals surface area contributed by atoms with Crippen molar-refractivity contribution in [2.75, 3.05) is 26.5 Å². The SMILES string of the molecule is COc1cccc(Cl)c1[C@H]1CC[C@@H](OC[C@@H]2NCC[C@@H]2NS(C)(=O)=O)CC1. The smallest absolute Gasteiger partial charge is 0.209 e. The number of ether oxygens (including phenoxy) is 2. The molecule has 1 aliphatic carbocycles. The van der Waals surface area contributed by atoms with E-state index in [9.17, 15) is 8.42 Å². The van der Waals surface area contributed by atoms with Gasteiger partial charge in [0.2, 0.25) is 10.0 Å². The van der Waals surface area contributed by atoms with Gasteiger partial charge in [0.15, 0.2) is 0 Å². The fraction of sp³-hybridized carbons (Fsp3) is 0.684. The predicted octanol–water partition coefficient (Wildman–Crippen LogP) is 2.67. The van der Waals surface area contributed by atoms with Crippen LogP contribution in [0, 0.1) is 0 Å². The summed E-state index contributed by atoms with van der Waals surface area (Å²) in [7, 11) is -1.52. The molecule has 2 N–H and O–H groups in total.